The number of aliphatic hydroxyl groups excluding tert-OH is 1. The number of aliphatic hydroxyl groups is 1. The zero-order valence-corrected chi connectivity index (χ0v) is 9.70. The van der Waals surface area contributed by atoms with Gasteiger partial charge in [-0.3, -0.25) is 0 Å². The largest absolute Gasteiger partial charge is 0.392 e. The van der Waals surface area contributed by atoms with Crippen LogP contribution in [0.3, 0.4) is 0 Å². The second-order valence-electron chi connectivity index (χ2n) is 3.07. The van der Waals surface area contributed by atoms with Crippen molar-refractivity contribution in [1.29, 1.82) is 0 Å². The van der Waals surface area contributed by atoms with E-state index < -0.39 is 0 Å². The van der Waals surface area contributed by atoms with Gasteiger partial charge >= 0.3 is 0 Å². The number of hydrogen-bond acceptors (Lipinski definition) is 1. The first-order chi connectivity index (χ1) is 6.88. The molecule has 1 aromatic carbocycles. The van der Waals surface area contributed by atoms with E-state index >= 15 is 0 Å². The lowest BCUT2D eigenvalue weighted by Crippen LogP contribution is -1.88. The zero-order valence-electron chi connectivity index (χ0n) is 8.12. The molecule has 2 heteroatoms. The SMILES string of the molecule is OCC=C(CCCBr)c1ccccc1. The summed E-state index contributed by atoms with van der Waals surface area (Å²) in [5, 5.41) is 9.91. The highest BCUT2D eigenvalue weighted by molar-refractivity contribution is 9.09. The molecule has 1 rings (SSSR count). The summed E-state index contributed by atoms with van der Waals surface area (Å²) in [6.45, 7) is 0.118. The molecule has 0 saturated carbocycles. The maximum absolute atomic E-state index is 8.91. The van der Waals surface area contributed by atoms with E-state index in [-0.39, 0.29) is 6.61 Å². The second kappa shape index (κ2) is 6.80. The summed E-state index contributed by atoms with van der Waals surface area (Å²) in [4.78, 5) is 0. The fourth-order valence-corrected chi connectivity index (χ4v) is 1.66. The molecule has 1 aromatic rings. The van der Waals surface area contributed by atoms with E-state index in [1.807, 2.05) is 24.3 Å². The fraction of sp³-hybridized carbons (Fsp3) is 0.333. The van der Waals surface area contributed by atoms with Gasteiger partial charge in [0.1, 0.15) is 0 Å². The van der Waals surface area contributed by atoms with Crippen LogP contribution in [0.5, 0.6) is 0 Å². The van der Waals surface area contributed by atoms with Crippen molar-refractivity contribution >= 4 is 21.5 Å². The van der Waals surface area contributed by atoms with E-state index in [1.165, 1.54) is 11.1 Å². The number of allylic oxidation sites excluding steroid dienone is 1. The molecule has 0 spiro atoms. The molecule has 0 aliphatic heterocycles. The molecular weight excluding hydrogens is 240 g/mol. The van der Waals surface area contributed by atoms with Crippen LogP contribution in [0.2, 0.25) is 0 Å². The monoisotopic (exact) mass is 254 g/mol. The van der Waals surface area contributed by atoms with Crippen LogP contribution >= 0.6 is 15.9 Å². The first-order valence-corrected chi connectivity index (χ1v) is 5.92. The van der Waals surface area contributed by atoms with E-state index in [0.717, 1.165) is 18.2 Å². The van der Waals surface area contributed by atoms with Crippen molar-refractivity contribution in [2.45, 2.75) is 12.8 Å². The van der Waals surface area contributed by atoms with Gasteiger partial charge in [0.05, 0.1) is 6.61 Å². The maximum atomic E-state index is 8.91. The number of rotatable bonds is 5. The fourth-order valence-electron chi connectivity index (χ4n) is 1.38. The third-order valence-corrected chi connectivity index (χ3v) is 2.62. The number of halogens is 1. The Morgan fingerprint density at radius 3 is 2.57 bits per heavy atom. The minimum Gasteiger partial charge on any atom is -0.392 e. The van der Waals surface area contributed by atoms with Crippen molar-refractivity contribution in [1.82, 2.24) is 0 Å². The zero-order chi connectivity index (χ0) is 10.2. The van der Waals surface area contributed by atoms with Crippen LogP contribution in [-0.2, 0) is 0 Å². The summed E-state index contributed by atoms with van der Waals surface area (Å²) in [5.74, 6) is 0. The van der Waals surface area contributed by atoms with Crippen LogP contribution in [0.15, 0.2) is 36.4 Å². The average molecular weight is 255 g/mol. The lowest BCUT2D eigenvalue weighted by Gasteiger charge is -2.06. The Kier molecular flexibility index (Phi) is 5.57. The lowest BCUT2D eigenvalue weighted by molar-refractivity contribution is 0.343. The van der Waals surface area contributed by atoms with E-state index in [0.29, 0.717) is 0 Å². The van der Waals surface area contributed by atoms with Crippen molar-refractivity contribution < 1.29 is 5.11 Å². The quantitative estimate of drug-likeness (QED) is 0.801. The molecule has 0 aliphatic carbocycles. The van der Waals surface area contributed by atoms with E-state index in [2.05, 4.69) is 28.1 Å². The van der Waals surface area contributed by atoms with Gasteiger partial charge in [0.2, 0.25) is 0 Å². The Balaban J connectivity index is 2.73. The van der Waals surface area contributed by atoms with Crippen LogP contribution in [0.25, 0.3) is 5.57 Å². The van der Waals surface area contributed by atoms with Gasteiger partial charge in [0.15, 0.2) is 0 Å². The first kappa shape index (κ1) is 11.5. The van der Waals surface area contributed by atoms with Gasteiger partial charge in [-0.15, -0.1) is 0 Å². The van der Waals surface area contributed by atoms with Gasteiger partial charge in [-0.2, -0.15) is 0 Å². The normalized spacial score (nSPS) is 11.7. The van der Waals surface area contributed by atoms with E-state index in [1.54, 1.807) is 0 Å². The van der Waals surface area contributed by atoms with Gasteiger partial charge in [-0.25, -0.2) is 0 Å². The molecule has 0 aliphatic rings. The molecule has 0 bridgehead atoms. The van der Waals surface area contributed by atoms with Crippen LogP contribution in [0.4, 0.5) is 0 Å². The number of alkyl halides is 1. The summed E-state index contributed by atoms with van der Waals surface area (Å²) in [5.41, 5.74) is 2.44. The Morgan fingerprint density at radius 2 is 2.00 bits per heavy atom. The molecule has 76 valence electrons. The van der Waals surface area contributed by atoms with Crippen LogP contribution in [-0.4, -0.2) is 17.0 Å². The Labute approximate surface area is 93.6 Å². The summed E-state index contributed by atoms with van der Waals surface area (Å²) >= 11 is 3.41. The van der Waals surface area contributed by atoms with Crippen LogP contribution in [0, 0.1) is 0 Å². The third kappa shape index (κ3) is 3.64. The Hall–Kier alpha value is -0.600. The van der Waals surface area contributed by atoms with Gasteiger partial charge < -0.3 is 5.11 Å². The molecule has 14 heavy (non-hydrogen) atoms. The summed E-state index contributed by atoms with van der Waals surface area (Å²) in [7, 11) is 0. The lowest BCUT2D eigenvalue weighted by atomic mass is 10.0. The van der Waals surface area contributed by atoms with Gasteiger partial charge in [-0.1, -0.05) is 52.3 Å². The van der Waals surface area contributed by atoms with Gasteiger partial charge in [0, 0.05) is 5.33 Å². The summed E-state index contributed by atoms with van der Waals surface area (Å²) in [6, 6.07) is 10.2. The molecule has 0 radical (unpaired) electrons. The van der Waals surface area contributed by atoms with Crippen LogP contribution in [0.1, 0.15) is 18.4 Å². The predicted octanol–water partition coefficient (Wildman–Crippen LogP) is 3.24. The number of hydrogen-bond donors (Lipinski definition) is 1. The molecule has 1 N–H and O–H groups in total. The predicted molar refractivity (Wildman–Crippen MR) is 64.5 cm³/mol. The Morgan fingerprint density at radius 1 is 1.29 bits per heavy atom. The van der Waals surface area contributed by atoms with E-state index in [9.17, 15) is 0 Å². The maximum Gasteiger partial charge on any atom is 0.0618 e. The smallest absolute Gasteiger partial charge is 0.0618 e. The highest BCUT2D eigenvalue weighted by Gasteiger charge is 1.99. The minimum absolute atomic E-state index is 0.118. The Bertz CT molecular complexity index is 280. The summed E-state index contributed by atoms with van der Waals surface area (Å²) < 4.78 is 0. The average Bonchev–Trinajstić information content (AvgIpc) is 2.25. The number of benzene rings is 1. The van der Waals surface area contributed by atoms with Crippen LogP contribution < -0.4 is 0 Å². The highest BCUT2D eigenvalue weighted by Crippen LogP contribution is 2.19. The van der Waals surface area contributed by atoms with Gasteiger partial charge in [-0.05, 0) is 24.0 Å². The molecule has 1 nitrogen and oxygen atoms in total. The second-order valence-corrected chi connectivity index (χ2v) is 3.86. The summed E-state index contributed by atoms with van der Waals surface area (Å²) in [6.07, 6.45) is 3.99. The molecule has 0 heterocycles. The van der Waals surface area contributed by atoms with Crippen molar-refractivity contribution in [3.63, 3.8) is 0 Å². The molecule has 0 unspecified atom stereocenters. The van der Waals surface area contributed by atoms with Crippen molar-refractivity contribution in [3.05, 3.63) is 42.0 Å². The standard InChI is InChI=1S/C12H15BrO/c13-9-4-7-12(8-10-14)11-5-2-1-3-6-11/h1-3,5-6,8,14H,4,7,9-10H2. The molecule has 0 amide bonds. The molecule has 0 atom stereocenters. The highest BCUT2D eigenvalue weighted by atomic mass is 79.9. The molecule has 0 fully saturated rings. The topological polar surface area (TPSA) is 20.2 Å². The van der Waals surface area contributed by atoms with Crippen molar-refractivity contribution in [3.8, 4) is 0 Å². The molecule has 0 aromatic heterocycles. The first-order valence-electron chi connectivity index (χ1n) is 4.79. The molecular formula is C12H15BrO. The van der Waals surface area contributed by atoms with Gasteiger partial charge in [0.25, 0.3) is 0 Å². The van der Waals surface area contributed by atoms with Crippen molar-refractivity contribution in [2.75, 3.05) is 11.9 Å². The van der Waals surface area contributed by atoms with Crippen molar-refractivity contribution in [2.24, 2.45) is 0 Å². The van der Waals surface area contributed by atoms with E-state index in [4.69, 9.17) is 5.11 Å². The molecule has 0 saturated heterocycles. The third-order valence-electron chi connectivity index (χ3n) is 2.06. The minimum atomic E-state index is 0.118.